The summed E-state index contributed by atoms with van der Waals surface area (Å²) in [6.07, 6.45) is 0. The van der Waals surface area contributed by atoms with Crippen molar-refractivity contribution in [2.75, 3.05) is 0 Å². The number of fused-ring (bicyclic) bond motifs is 9. The van der Waals surface area contributed by atoms with Crippen LogP contribution in [0.2, 0.25) is 0 Å². The maximum Gasteiger partial charge on any atom is 0.164 e. The monoisotopic (exact) mass is 772 g/mol. The molecular weight excluding hydrogens is 735 g/mol. The molecule has 0 aliphatic heterocycles. The molecule has 0 saturated carbocycles. The number of aromatic nitrogens is 3. The molecule has 0 saturated heterocycles. The van der Waals surface area contributed by atoms with Crippen LogP contribution in [-0.4, -0.2) is 15.0 Å². The minimum Gasteiger partial charge on any atom is -0.456 e. The van der Waals surface area contributed by atoms with Crippen LogP contribution in [0.15, 0.2) is 180 Å². The third-order valence-electron chi connectivity index (χ3n) is 10.4. The number of hydrogen-bond donors (Lipinski definition) is 0. The predicted molar refractivity (Wildman–Crippen MR) is 240 cm³/mol. The Hall–Kier alpha value is -6.99. The van der Waals surface area contributed by atoms with Gasteiger partial charge in [-0.15, -0.1) is 22.7 Å². The highest BCUT2D eigenvalue weighted by molar-refractivity contribution is 7.26. The van der Waals surface area contributed by atoms with E-state index < -0.39 is 42.3 Å². The number of furan rings is 1. The number of thiophene rings is 2. The molecule has 0 bridgehead atoms. The van der Waals surface area contributed by atoms with Gasteiger partial charge in [-0.3, -0.25) is 0 Å². The summed E-state index contributed by atoms with van der Waals surface area (Å²) in [5.41, 5.74) is 6.34. The number of benzene rings is 8. The number of rotatable bonds is 5. The van der Waals surface area contributed by atoms with Gasteiger partial charge in [0.05, 0.1) is 12.3 Å². The molecule has 0 radical (unpaired) electrons. The molecule has 8 aromatic carbocycles. The molecule has 12 aromatic rings. The molecule has 0 atom stereocenters. The lowest BCUT2D eigenvalue weighted by Gasteiger charge is -2.10. The van der Waals surface area contributed by atoms with Crippen molar-refractivity contribution in [1.82, 2.24) is 15.0 Å². The molecule has 0 aliphatic rings. The highest BCUT2D eigenvalue weighted by Crippen LogP contribution is 2.45. The summed E-state index contributed by atoms with van der Waals surface area (Å²) in [6.45, 7) is 0. The Morgan fingerprint density at radius 3 is 1.84 bits per heavy atom. The Bertz CT molecular complexity index is 4060. The van der Waals surface area contributed by atoms with E-state index >= 15 is 0 Å². The van der Waals surface area contributed by atoms with Crippen LogP contribution in [0.1, 0.15) is 12.3 Å². The molecule has 0 aliphatic carbocycles. The summed E-state index contributed by atoms with van der Waals surface area (Å²) in [6, 6.07) is 36.8. The second-order valence-electron chi connectivity index (χ2n) is 13.7. The van der Waals surface area contributed by atoms with Crippen LogP contribution in [0.4, 0.5) is 0 Å². The minimum atomic E-state index is -0.569. The molecule has 0 N–H and O–H groups in total. The lowest BCUT2D eigenvalue weighted by Crippen LogP contribution is -1.99. The van der Waals surface area contributed by atoms with Gasteiger partial charge in [-0.1, -0.05) is 127 Å². The van der Waals surface area contributed by atoms with Crippen molar-refractivity contribution in [3.05, 3.63) is 176 Å². The van der Waals surface area contributed by atoms with Crippen molar-refractivity contribution in [3.63, 3.8) is 0 Å². The van der Waals surface area contributed by atoms with Gasteiger partial charge < -0.3 is 4.42 Å². The first-order chi connectivity index (χ1) is 31.9. The lowest BCUT2D eigenvalue weighted by atomic mass is 9.93. The lowest BCUT2D eigenvalue weighted by molar-refractivity contribution is 0.669. The number of para-hydroxylation sites is 1. The molecule has 0 unspecified atom stereocenters. The standard InChI is InChI=1S/C51H29N3OS2/c1-3-11-30(12-4-1)49-52-50(31-13-5-2-6-14-31)54-51(53-49)34-20-23-38-37-22-19-32(27-45(37)57-46(38)28-34)35-26-40(48-39-16-8-10-18-44(39)56-47(48)29-35)33-21-24-43-41(25-33)36-15-7-9-17-42(36)55-43/h1-29H/i1D,2D,3D,4D,5D,6D,11D,12D,13D. The van der Waals surface area contributed by atoms with Gasteiger partial charge in [0.15, 0.2) is 17.5 Å². The summed E-state index contributed by atoms with van der Waals surface area (Å²) < 4.78 is 86.1. The van der Waals surface area contributed by atoms with Crippen LogP contribution in [0, 0.1) is 0 Å². The Morgan fingerprint density at radius 2 is 1.00 bits per heavy atom. The van der Waals surface area contributed by atoms with Crippen molar-refractivity contribution in [2.24, 2.45) is 0 Å². The Labute approximate surface area is 347 Å². The predicted octanol–water partition coefficient (Wildman–Crippen LogP) is 14.8. The zero-order chi connectivity index (χ0) is 45.3. The first-order valence-corrected chi connectivity index (χ1v) is 19.8. The molecule has 0 fully saturated rings. The molecule has 0 spiro atoms. The summed E-state index contributed by atoms with van der Waals surface area (Å²) in [5, 5.41) is 6.63. The Kier molecular flexibility index (Phi) is 5.50. The first-order valence-electron chi connectivity index (χ1n) is 22.7. The third-order valence-corrected chi connectivity index (χ3v) is 12.6. The second-order valence-corrected chi connectivity index (χ2v) is 15.9. The van der Waals surface area contributed by atoms with Crippen molar-refractivity contribution >= 4 is 85.0 Å². The molecule has 4 nitrogen and oxygen atoms in total. The second kappa shape index (κ2) is 12.8. The van der Waals surface area contributed by atoms with Crippen LogP contribution in [0.3, 0.4) is 0 Å². The average Bonchev–Trinajstić information content (AvgIpc) is 4.03. The largest absolute Gasteiger partial charge is 0.456 e. The molecule has 0 amide bonds. The van der Waals surface area contributed by atoms with Gasteiger partial charge in [0.1, 0.15) is 11.2 Å². The normalized spacial score (nSPS) is 14.1. The van der Waals surface area contributed by atoms with Gasteiger partial charge >= 0.3 is 0 Å². The van der Waals surface area contributed by atoms with Crippen molar-refractivity contribution in [3.8, 4) is 56.4 Å². The first kappa shape index (κ1) is 24.5. The van der Waals surface area contributed by atoms with Gasteiger partial charge in [0.2, 0.25) is 0 Å². The van der Waals surface area contributed by atoms with E-state index in [9.17, 15) is 0 Å². The summed E-state index contributed by atoms with van der Waals surface area (Å²) >= 11 is 3.38. The third kappa shape index (κ3) is 5.37. The van der Waals surface area contributed by atoms with E-state index in [0.717, 1.165) is 64.4 Å². The fourth-order valence-electron chi connectivity index (χ4n) is 7.74. The van der Waals surface area contributed by atoms with Gasteiger partial charge in [0, 0.05) is 67.8 Å². The molecule has 57 heavy (non-hydrogen) atoms. The maximum absolute atomic E-state index is 8.68. The molecule has 266 valence electrons. The Morgan fingerprint density at radius 1 is 0.386 bits per heavy atom. The van der Waals surface area contributed by atoms with Gasteiger partial charge in [0.25, 0.3) is 0 Å². The van der Waals surface area contributed by atoms with Crippen molar-refractivity contribution in [2.45, 2.75) is 0 Å². The van der Waals surface area contributed by atoms with Crippen LogP contribution in [0.5, 0.6) is 0 Å². The number of hydrogen-bond acceptors (Lipinski definition) is 6. The van der Waals surface area contributed by atoms with Gasteiger partial charge in [-0.25, -0.2) is 15.0 Å². The summed E-state index contributed by atoms with van der Waals surface area (Å²) in [5.74, 6) is -0.267. The smallest absolute Gasteiger partial charge is 0.164 e. The van der Waals surface area contributed by atoms with Crippen molar-refractivity contribution < 1.29 is 16.8 Å². The fraction of sp³-hybridized carbons (Fsp3) is 0. The quantitative estimate of drug-likeness (QED) is 0.175. The van der Waals surface area contributed by atoms with E-state index in [-0.39, 0.29) is 40.7 Å². The Balaban J connectivity index is 1.01. The van der Waals surface area contributed by atoms with Gasteiger partial charge in [-0.05, 0) is 70.8 Å². The van der Waals surface area contributed by atoms with Gasteiger partial charge in [-0.2, -0.15) is 0 Å². The number of nitrogens with zero attached hydrogens (tertiary/aromatic N) is 3. The fourth-order valence-corrected chi connectivity index (χ4v) is 10.1. The summed E-state index contributed by atoms with van der Waals surface area (Å²) in [7, 11) is 0. The SMILES string of the molecule is [2H]c1cc(-c2nc(-c3ccc4c(c3)sc3cc(-c5cc(-c6ccc7oc8ccccc8c7c6)c6c(c5)sc5ccccc56)ccc34)nc(-c3c([2H])c([2H])c([2H])c([2H])c3[2H])n2)c([2H])c([2H])c1[2H]. The van der Waals surface area contributed by atoms with E-state index in [0.29, 0.717) is 5.56 Å². The van der Waals surface area contributed by atoms with E-state index in [4.69, 9.17) is 16.8 Å². The maximum atomic E-state index is 8.68. The molecule has 4 aromatic heterocycles. The minimum absolute atomic E-state index is 0.0266. The van der Waals surface area contributed by atoms with E-state index in [2.05, 4.69) is 93.8 Å². The average molecular weight is 773 g/mol. The zero-order valence-corrected chi connectivity index (χ0v) is 31.2. The van der Waals surface area contributed by atoms with Crippen LogP contribution in [0.25, 0.3) is 119 Å². The van der Waals surface area contributed by atoms with E-state index in [1.807, 2.05) is 36.4 Å². The molecule has 6 heteroatoms. The molecule has 4 heterocycles. The van der Waals surface area contributed by atoms with E-state index in [1.165, 1.54) is 26.2 Å². The highest BCUT2D eigenvalue weighted by Gasteiger charge is 2.18. The van der Waals surface area contributed by atoms with Crippen LogP contribution < -0.4 is 0 Å². The highest BCUT2D eigenvalue weighted by atomic mass is 32.1. The van der Waals surface area contributed by atoms with Crippen LogP contribution in [-0.2, 0) is 0 Å². The molecule has 12 rings (SSSR count). The van der Waals surface area contributed by atoms with Crippen molar-refractivity contribution in [1.29, 1.82) is 0 Å². The van der Waals surface area contributed by atoms with E-state index in [1.54, 1.807) is 22.7 Å². The molecular formula is C51H29N3OS2. The van der Waals surface area contributed by atoms with Crippen LogP contribution >= 0.6 is 22.7 Å². The summed E-state index contributed by atoms with van der Waals surface area (Å²) in [4.78, 5) is 13.8. The topological polar surface area (TPSA) is 51.8 Å². The zero-order valence-electron chi connectivity index (χ0n) is 38.6.